The van der Waals surface area contributed by atoms with E-state index in [1.54, 1.807) is 0 Å². The number of benzene rings is 2. The Bertz CT molecular complexity index is 1170. The summed E-state index contributed by atoms with van der Waals surface area (Å²) in [6.45, 7) is 0.423. The molecule has 3 amide bonds. The zero-order valence-electron chi connectivity index (χ0n) is 15.2. The second kappa shape index (κ2) is 7.19. The fourth-order valence-corrected chi connectivity index (χ4v) is 3.39. The first-order chi connectivity index (χ1) is 14.0. The van der Waals surface area contributed by atoms with Crippen molar-refractivity contribution in [3.05, 3.63) is 76.0 Å². The molecule has 0 spiro atoms. The highest BCUT2D eigenvalue weighted by atomic mass is 16.6. The number of amides is 3. The van der Waals surface area contributed by atoms with Crippen molar-refractivity contribution in [1.82, 2.24) is 14.8 Å². The Morgan fingerprint density at radius 1 is 1.03 bits per heavy atom. The Labute approximate surface area is 164 Å². The van der Waals surface area contributed by atoms with Crippen molar-refractivity contribution in [3.8, 4) is 0 Å². The lowest BCUT2D eigenvalue weighted by Gasteiger charge is -2.14. The normalized spacial score (nSPS) is 13.0. The number of nitrogens with one attached hydrogen (secondary N) is 1. The van der Waals surface area contributed by atoms with Gasteiger partial charge in [0, 0.05) is 36.9 Å². The molecular formula is C20H16N4O5. The number of nitro benzene ring substituents is 1. The maximum Gasteiger partial charge on any atom is 0.270 e. The number of imide groups is 1. The molecular weight excluding hydrogens is 376 g/mol. The van der Waals surface area contributed by atoms with Gasteiger partial charge in [-0.05, 0) is 23.6 Å². The molecule has 9 nitrogen and oxygen atoms in total. The molecule has 1 aromatic heterocycles. The highest BCUT2D eigenvalue weighted by Gasteiger charge is 2.37. The number of rotatable bonds is 6. The van der Waals surface area contributed by atoms with Crippen LogP contribution < -0.4 is 5.32 Å². The van der Waals surface area contributed by atoms with Crippen LogP contribution in [0.4, 0.5) is 5.69 Å². The van der Waals surface area contributed by atoms with Crippen LogP contribution in [0.2, 0.25) is 0 Å². The first-order valence-electron chi connectivity index (χ1n) is 8.91. The molecule has 1 aliphatic heterocycles. The monoisotopic (exact) mass is 392 g/mol. The van der Waals surface area contributed by atoms with Gasteiger partial charge in [0.2, 0.25) is 5.91 Å². The summed E-state index contributed by atoms with van der Waals surface area (Å²) < 4.78 is 2.00. The van der Waals surface area contributed by atoms with Crippen molar-refractivity contribution in [2.75, 3.05) is 13.1 Å². The number of aromatic nitrogens is 1. The van der Waals surface area contributed by atoms with Crippen molar-refractivity contribution in [3.63, 3.8) is 0 Å². The van der Waals surface area contributed by atoms with E-state index in [4.69, 9.17) is 0 Å². The number of hydrogen-bond acceptors (Lipinski definition) is 5. The lowest BCUT2D eigenvalue weighted by molar-refractivity contribution is -0.384. The van der Waals surface area contributed by atoms with Crippen molar-refractivity contribution in [1.29, 1.82) is 0 Å². The molecule has 4 rings (SSSR count). The Morgan fingerprint density at radius 2 is 1.79 bits per heavy atom. The van der Waals surface area contributed by atoms with Gasteiger partial charge in [-0.2, -0.15) is 0 Å². The molecule has 146 valence electrons. The molecule has 0 aliphatic carbocycles. The number of nitro groups is 1. The van der Waals surface area contributed by atoms with Crippen LogP contribution in [0, 0.1) is 10.1 Å². The van der Waals surface area contributed by atoms with Gasteiger partial charge in [-0.25, -0.2) is 0 Å². The fraction of sp³-hybridized carbons (Fsp3) is 0.150. The average molecular weight is 392 g/mol. The SMILES string of the molecule is O=C(CN1C(=O)c2ccc([N+](=O)[O-])cc2C1=O)NCCn1ccc2ccccc21. The van der Waals surface area contributed by atoms with Gasteiger partial charge in [-0.15, -0.1) is 0 Å². The fourth-order valence-electron chi connectivity index (χ4n) is 3.39. The van der Waals surface area contributed by atoms with E-state index >= 15 is 0 Å². The van der Waals surface area contributed by atoms with Gasteiger partial charge in [0.25, 0.3) is 17.5 Å². The van der Waals surface area contributed by atoms with Gasteiger partial charge < -0.3 is 9.88 Å². The standard InChI is InChI=1S/C20H16N4O5/c25-18(21-8-10-22-9-7-13-3-1-2-4-17(13)22)12-23-19(26)15-6-5-14(24(28)29)11-16(15)20(23)27/h1-7,9,11H,8,10,12H2,(H,21,25). The van der Waals surface area contributed by atoms with Crippen LogP contribution in [0.3, 0.4) is 0 Å². The molecule has 0 radical (unpaired) electrons. The smallest absolute Gasteiger partial charge is 0.270 e. The number of carbonyl (C=O) groups is 3. The number of non-ortho nitro benzene ring substituents is 1. The van der Waals surface area contributed by atoms with Crippen molar-refractivity contribution < 1.29 is 19.3 Å². The number of nitrogens with zero attached hydrogens (tertiary/aromatic N) is 3. The third-order valence-electron chi connectivity index (χ3n) is 4.82. The summed E-state index contributed by atoms with van der Waals surface area (Å²) in [5.74, 6) is -1.82. The van der Waals surface area contributed by atoms with Crippen LogP contribution >= 0.6 is 0 Å². The topological polar surface area (TPSA) is 115 Å². The zero-order valence-corrected chi connectivity index (χ0v) is 15.2. The Morgan fingerprint density at radius 3 is 2.59 bits per heavy atom. The summed E-state index contributed by atoms with van der Waals surface area (Å²) in [6.07, 6.45) is 1.92. The largest absolute Gasteiger partial charge is 0.353 e. The molecule has 0 bridgehead atoms. The maximum atomic E-state index is 12.4. The minimum absolute atomic E-state index is 0.0594. The number of para-hydroxylation sites is 1. The average Bonchev–Trinajstić information content (AvgIpc) is 3.23. The highest BCUT2D eigenvalue weighted by molar-refractivity contribution is 6.22. The molecule has 0 saturated heterocycles. The van der Waals surface area contributed by atoms with Crippen molar-refractivity contribution in [2.45, 2.75) is 6.54 Å². The van der Waals surface area contributed by atoms with Crippen LogP contribution in [0.15, 0.2) is 54.7 Å². The molecule has 1 N–H and O–H groups in total. The Hall–Kier alpha value is -4.01. The van der Waals surface area contributed by atoms with Crippen LogP contribution in [-0.2, 0) is 11.3 Å². The molecule has 0 unspecified atom stereocenters. The van der Waals surface area contributed by atoms with Crippen molar-refractivity contribution in [2.24, 2.45) is 0 Å². The molecule has 2 heterocycles. The molecule has 1 aliphatic rings. The predicted octanol–water partition coefficient (Wildman–Crippen LogP) is 1.96. The third-order valence-corrected chi connectivity index (χ3v) is 4.82. The second-order valence-corrected chi connectivity index (χ2v) is 6.60. The first-order valence-corrected chi connectivity index (χ1v) is 8.91. The molecule has 0 atom stereocenters. The van der Waals surface area contributed by atoms with E-state index in [9.17, 15) is 24.5 Å². The summed E-state index contributed by atoms with van der Waals surface area (Å²) in [4.78, 5) is 48.1. The highest BCUT2D eigenvalue weighted by Crippen LogP contribution is 2.26. The summed E-state index contributed by atoms with van der Waals surface area (Å²) in [5.41, 5.74) is 0.766. The summed E-state index contributed by atoms with van der Waals surface area (Å²) in [6, 6.07) is 13.3. The quantitative estimate of drug-likeness (QED) is 0.391. The molecule has 29 heavy (non-hydrogen) atoms. The van der Waals surface area contributed by atoms with Gasteiger partial charge in [-0.1, -0.05) is 18.2 Å². The number of fused-ring (bicyclic) bond motifs is 2. The number of carbonyl (C=O) groups excluding carboxylic acids is 3. The summed E-state index contributed by atoms with van der Waals surface area (Å²) >= 11 is 0. The van der Waals surface area contributed by atoms with Crippen LogP contribution in [0.1, 0.15) is 20.7 Å². The van der Waals surface area contributed by atoms with Crippen LogP contribution in [0.5, 0.6) is 0 Å². The molecule has 2 aromatic carbocycles. The minimum atomic E-state index is -0.708. The van der Waals surface area contributed by atoms with Gasteiger partial charge >= 0.3 is 0 Å². The Kier molecular flexibility index (Phi) is 4.55. The predicted molar refractivity (Wildman–Crippen MR) is 103 cm³/mol. The third kappa shape index (κ3) is 3.33. The van der Waals surface area contributed by atoms with Gasteiger partial charge in [0.15, 0.2) is 0 Å². The van der Waals surface area contributed by atoms with E-state index in [1.807, 2.05) is 41.1 Å². The Balaban J connectivity index is 1.38. The van der Waals surface area contributed by atoms with Crippen LogP contribution in [0.25, 0.3) is 10.9 Å². The second-order valence-electron chi connectivity index (χ2n) is 6.60. The zero-order chi connectivity index (χ0) is 20.5. The number of hydrogen-bond donors (Lipinski definition) is 1. The molecule has 0 saturated carbocycles. The van der Waals surface area contributed by atoms with E-state index < -0.39 is 29.2 Å². The van der Waals surface area contributed by atoms with Crippen molar-refractivity contribution >= 4 is 34.3 Å². The molecule has 9 heteroatoms. The van der Waals surface area contributed by atoms with E-state index in [0.717, 1.165) is 27.9 Å². The van der Waals surface area contributed by atoms with Gasteiger partial charge in [0.1, 0.15) is 6.54 Å². The van der Waals surface area contributed by atoms with E-state index in [-0.39, 0.29) is 16.8 Å². The van der Waals surface area contributed by atoms with Gasteiger partial charge in [-0.3, -0.25) is 29.4 Å². The molecule has 3 aromatic rings. The molecule has 0 fully saturated rings. The maximum absolute atomic E-state index is 12.4. The lowest BCUT2D eigenvalue weighted by Crippen LogP contribution is -2.41. The van der Waals surface area contributed by atoms with E-state index in [0.29, 0.717) is 13.1 Å². The van der Waals surface area contributed by atoms with E-state index in [1.165, 1.54) is 6.07 Å². The van der Waals surface area contributed by atoms with E-state index in [2.05, 4.69) is 5.32 Å². The van der Waals surface area contributed by atoms with Gasteiger partial charge in [0.05, 0.1) is 16.1 Å². The lowest BCUT2D eigenvalue weighted by atomic mass is 10.1. The van der Waals surface area contributed by atoms with Crippen LogP contribution in [-0.4, -0.2) is 45.2 Å². The first kappa shape index (κ1) is 18.4. The summed E-state index contributed by atoms with van der Waals surface area (Å²) in [7, 11) is 0. The summed E-state index contributed by atoms with van der Waals surface area (Å²) in [5, 5.41) is 14.7. The minimum Gasteiger partial charge on any atom is -0.353 e.